The van der Waals surface area contributed by atoms with E-state index in [0.717, 1.165) is 67.4 Å². The van der Waals surface area contributed by atoms with Gasteiger partial charge in [-0.3, -0.25) is 5.10 Å². The van der Waals surface area contributed by atoms with E-state index in [2.05, 4.69) is 62.8 Å². The molecule has 3 aromatic rings. The van der Waals surface area contributed by atoms with Crippen LogP contribution in [0.3, 0.4) is 0 Å². The van der Waals surface area contributed by atoms with Gasteiger partial charge in [0, 0.05) is 56.2 Å². The highest BCUT2D eigenvalue weighted by Gasteiger charge is 2.23. The Morgan fingerprint density at radius 2 is 1.94 bits per heavy atom. The fourth-order valence-corrected chi connectivity index (χ4v) is 4.84. The van der Waals surface area contributed by atoms with E-state index in [4.69, 9.17) is 9.72 Å². The second-order valence-electron chi connectivity index (χ2n) is 8.80. The molecule has 0 aliphatic carbocycles. The number of H-pyrrole nitrogens is 1. The average molecular weight is 422 g/mol. The summed E-state index contributed by atoms with van der Waals surface area (Å²) in [5.41, 5.74) is 4.01. The third kappa shape index (κ3) is 4.36. The summed E-state index contributed by atoms with van der Waals surface area (Å²) in [5.74, 6) is 1.48. The van der Waals surface area contributed by atoms with Crippen molar-refractivity contribution in [3.63, 3.8) is 0 Å². The van der Waals surface area contributed by atoms with Crippen LogP contribution in [0.1, 0.15) is 44.0 Å². The monoisotopic (exact) mass is 421 g/mol. The van der Waals surface area contributed by atoms with Crippen LogP contribution in [0.5, 0.6) is 0 Å². The number of rotatable bonds is 5. The second kappa shape index (κ2) is 8.80. The third-order valence-corrected chi connectivity index (χ3v) is 6.25. The molecule has 5 heterocycles. The van der Waals surface area contributed by atoms with E-state index in [1.54, 1.807) is 0 Å². The Morgan fingerprint density at radius 3 is 2.74 bits per heavy atom. The molecule has 31 heavy (non-hydrogen) atoms. The van der Waals surface area contributed by atoms with Gasteiger partial charge in [-0.1, -0.05) is 6.07 Å². The van der Waals surface area contributed by atoms with Crippen molar-refractivity contribution in [3.8, 4) is 0 Å². The maximum Gasteiger partial charge on any atom is 0.183 e. The number of aromatic nitrogens is 4. The van der Waals surface area contributed by atoms with Gasteiger partial charge in [-0.05, 0) is 44.9 Å². The topological polar surface area (TPSA) is 91.0 Å². The summed E-state index contributed by atoms with van der Waals surface area (Å²) in [7, 11) is 0. The van der Waals surface area contributed by atoms with Crippen LogP contribution in [0.15, 0.2) is 30.5 Å². The van der Waals surface area contributed by atoms with Crippen LogP contribution in [0.2, 0.25) is 0 Å². The van der Waals surface area contributed by atoms with Gasteiger partial charge in [-0.15, -0.1) is 0 Å². The average Bonchev–Trinajstić information content (AvgIpc) is 3.23. The number of hydrogen-bond donors (Lipinski definition) is 3. The van der Waals surface area contributed by atoms with Gasteiger partial charge in [-0.25, -0.2) is 9.97 Å². The van der Waals surface area contributed by atoms with Gasteiger partial charge < -0.3 is 20.3 Å². The molecule has 0 saturated carbocycles. The van der Waals surface area contributed by atoms with Crippen molar-refractivity contribution in [1.29, 1.82) is 0 Å². The molecule has 2 fully saturated rings. The molecule has 2 aliphatic heterocycles. The Hall–Kier alpha value is -2.71. The molecule has 2 saturated heterocycles. The molecule has 8 nitrogen and oxygen atoms in total. The lowest BCUT2D eigenvalue weighted by molar-refractivity contribution is 0.0847. The fraction of sp³-hybridized carbons (Fsp3) is 0.522. The zero-order valence-corrected chi connectivity index (χ0v) is 18.3. The predicted octanol–water partition coefficient (Wildman–Crippen LogP) is 3.05. The van der Waals surface area contributed by atoms with E-state index in [9.17, 15) is 0 Å². The van der Waals surface area contributed by atoms with Gasteiger partial charge in [-0.2, -0.15) is 5.10 Å². The fourth-order valence-electron chi connectivity index (χ4n) is 4.84. The summed E-state index contributed by atoms with van der Waals surface area (Å²) in [6, 6.07) is 9.25. The van der Waals surface area contributed by atoms with E-state index in [0.29, 0.717) is 24.5 Å². The molecule has 2 aliphatic rings. The molecule has 0 unspecified atom stereocenters. The quantitative estimate of drug-likeness (QED) is 0.583. The Labute approximate surface area is 182 Å². The first-order valence-corrected chi connectivity index (χ1v) is 11.3. The summed E-state index contributed by atoms with van der Waals surface area (Å²) in [6.45, 7) is 8.66. The summed E-state index contributed by atoms with van der Waals surface area (Å²) < 4.78 is 5.54. The number of nitrogens with one attached hydrogen (secondary N) is 3. The molecular formula is C23H31N7O. The molecule has 0 aromatic carbocycles. The molecule has 0 bridgehead atoms. The number of piperazine rings is 1. The van der Waals surface area contributed by atoms with Crippen molar-refractivity contribution in [3.05, 3.63) is 41.9 Å². The molecule has 2 atom stereocenters. The van der Waals surface area contributed by atoms with E-state index in [1.807, 2.05) is 12.3 Å². The predicted molar refractivity (Wildman–Crippen MR) is 123 cm³/mol. The van der Waals surface area contributed by atoms with Crippen molar-refractivity contribution in [2.45, 2.75) is 51.2 Å². The molecule has 0 radical (unpaired) electrons. The first kappa shape index (κ1) is 20.2. The van der Waals surface area contributed by atoms with Gasteiger partial charge in [0.2, 0.25) is 0 Å². The van der Waals surface area contributed by atoms with E-state index in [1.165, 1.54) is 5.69 Å². The highest BCUT2D eigenvalue weighted by Crippen LogP contribution is 2.34. The van der Waals surface area contributed by atoms with E-state index >= 15 is 0 Å². The number of nitrogens with zero attached hydrogens (tertiary/aromatic N) is 4. The molecule has 0 spiro atoms. The maximum absolute atomic E-state index is 5.54. The lowest BCUT2D eigenvalue weighted by Gasteiger charge is -2.37. The summed E-state index contributed by atoms with van der Waals surface area (Å²) in [5, 5.41) is 16.0. The van der Waals surface area contributed by atoms with Crippen molar-refractivity contribution in [2.24, 2.45) is 0 Å². The van der Waals surface area contributed by atoms with Crippen LogP contribution in [0, 0.1) is 0 Å². The lowest BCUT2D eigenvalue weighted by Crippen LogP contribution is -2.54. The van der Waals surface area contributed by atoms with Crippen LogP contribution in [-0.2, 0) is 11.3 Å². The minimum absolute atomic E-state index is 0.432. The summed E-state index contributed by atoms with van der Waals surface area (Å²) >= 11 is 0. The summed E-state index contributed by atoms with van der Waals surface area (Å²) in [4.78, 5) is 11.8. The highest BCUT2D eigenvalue weighted by atomic mass is 16.5. The van der Waals surface area contributed by atoms with Crippen LogP contribution >= 0.6 is 0 Å². The number of anilines is 2. The Bertz CT molecular complexity index is 1020. The SMILES string of the molecule is C[C@@H]1CN(c2cccc(CNc3ccnc4n[nH]c(C5CCOCC5)c34)n2)C[C@H](C)N1. The molecule has 164 valence electrons. The van der Waals surface area contributed by atoms with Crippen molar-refractivity contribution in [2.75, 3.05) is 36.5 Å². The van der Waals surface area contributed by atoms with Crippen LogP contribution in [0.25, 0.3) is 11.0 Å². The van der Waals surface area contributed by atoms with Gasteiger partial charge in [0.15, 0.2) is 5.65 Å². The third-order valence-electron chi connectivity index (χ3n) is 6.25. The van der Waals surface area contributed by atoms with Crippen molar-refractivity contribution < 1.29 is 4.74 Å². The Kier molecular flexibility index (Phi) is 5.74. The van der Waals surface area contributed by atoms with Crippen LogP contribution in [-0.4, -0.2) is 58.6 Å². The second-order valence-corrected chi connectivity index (χ2v) is 8.80. The normalized spacial score (nSPS) is 22.7. The summed E-state index contributed by atoms with van der Waals surface area (Å²) in [6.07, 6.45) is 3.83. The Morgan fingerprint density at radius 1 is 1.13 bits per heavy atom. The molecule has 5 rings (SSSR count). The first-order chi connectivity index (χ1) is 15.2. The highest BCUT2D eigenvalue weighted by molar-refractivity contribution is 5.91. The van der Waals surface area contributed by atoms with Crippen LogP contribution < -0.4 is 15.5 Å². The van der Waals surface area contributed by atoms with Gasteiger partial charge in [0.1, 0.15) is 5.82 Å². The zero-order valence-electron chi connectivity index (χ0n) is 18.3. The lowest BCUT2D eigenvalue weighted by atomic mass is 9.94. The molecule has 8 heteroatoms. The van der Waals surface area contributed by atoms with Gasteiger partial charge >= 0.3 is 0 Å². The molecule has 0 amide bonds. The van der Waals surface area contributed by atoms with Crippen LogP contribution in [0.4, 0.5) is 11.5 Å². The minimum Gasteiger partial charge on any atom is -0.381 e. The van der Waals surface area contributed by atoms with Crippen molar-refractivity contribution >= 4 is 22.5 Å². The minimum atomic E-state index is 0.432. The first-order valence-electron chi connectivity index (χ1n) is 11.3. The standard InChI is InChI=1S/C23H31N7O/c1-15-13-30(14-16(2)26-15)20-5-3-4-18(27-20)12-25-19-6-9-24-23-21(19)22(28-29-23)17-7-10-31-11-8-17/h3-6,9,15-17,26H,7-8,10-14H2,1-2H3,(H2,24,25,28,29)/t15-,16+. The van der Waals surface area contributed by atoms with Crippen molar-refractivity contribution in [1.82, 2.24) is 25.5 Å². The Balaban J connectivity index is 1.35. The molecular weight excluding hydrogens is 390 g/mol. The maximum atomic E-state index is 5.54. The zero-order chi connectivity index (χ0) is 21.2. The van der Waals surface area contributed by atoms with Gasteiger partial charge in [0.25, 0.3) is 0 Å². The van der Waals surface area contributed by atoms with E-state index in [-0.39, 0.29) is 0 Å². The molecule has 3 aromatic heterocycles. The number of ether oxygens (including phenoxy) is 1. The number of hydrogen-bond acceptors (Lipinski definition) is 7. The largest absolute Gasteiger partial charge is 0.381 e. The van der Waals surface area contributed by atoms with Gasteiger partial charge in [0.05, 0.1) is 23.3 Å². The number of aromatic amines is 1. The smallest absolute Gasteiger partial charge is 0.183 e. The van der Waals surface area contributed by atoms with E-state index < -0.39 is 0 Å². The number of pyridine rings is 2. The number of fused-ring (bicyclic) bond motifs is 1. The molecule has 3 N–H and O–H groups in total.